The summed E-state index contributed by atoms with van der Waals surface area (Å²) in [7, 11) is 0. The number of carbonyl (C=O) groups excluding carboxylic acids is 1. The van der Waals surface area contributed by atoms with Crippen molar-refractivity contribution in [3.05, 3.63) is 89.9 Å². The molecule has 1 aliphatic heterocycles. The highest BCUT2D eigenvalue weighted by Gasteiger charge is 2.23. The first kappa shape index (κ1) is 21.7. The summed E-state index contributed by atoms with van der Waals surface area (Å²) in [6.07, 6.45) is 17.7. The van der Waals surface area contributed by atoms with E-state index in [9.17, 15) is 9.18 Å². The van der Waals surface area contributed by atoms with Crippen LogP contribution in [0.3, 0.4) is 0 Å². The van der Waals surface area contributed by atoms with E-state index < -0.39 is 0 Å². The Labute approximate surface area is 177 Å². The smallest absolute Gasteiger partial charge is 0.237 e. The second-order valence-corrected chi connectivity index (χ2v) is 7.39. The third kappa shape index (κ3) is 5.76. The van der Waals surface area contributed by atoms with Crippen LogP contribution in [0.15, 0.2) is 78.4 Å². The zero-order valence-electron chi connectivity index (χ0n) is 17.5. The van der Waals surface area contributed by atoms with Crippen molar-refractivity contribution in [1.29, 1.82) is 0 Å². The molecule has 0 aromatic carbocycles. The van der Waals surface area contributed by atoms with E-state index in [0.29, 0.717) is 19.6 Å². The van der Waals surface area contributed by atoms with Crippen molar-refractivity contribution in [1.82, 2.24) is 19.8 Å². The van der Waals surface area contributed by atoms with Gasteiger partial charge in [-0.3, -0.25) is 4.79 Å². The van der Waals surface area contributed by atoms with Gasteiger partial charge >= 0.3 is 0 Å². The number of aromatic nitrogens is 2. The number of fused-ring (bicyclic) bond motifs is 1. The molecule has 0 fully saturated rings. The van der Waals surface area contributed by atoms with E-state index in [1.807, 2.05) is 42.3 Å². The average Bonchev–Trinajstić information content (AvgIpc) is 3.00. The van der Waals surface area contributed by atoms with Crippen LogP contribution in [-0.4, -0.2) is 40.0 Å². The summed E-state index contributed by atoms with van der Waals surface area (Å²) >= 11 is 0. The Bertz CT molecular complexity index is 933. The number of allylic oxidation sites excluding steroid dienone is 10. The van der Waals surface area contributed by atoms with Crippen molar-refractivity contribution < 1.29 is 9.18 Å². The van der Waals surface area contributed by atoms with Gasteiger partial charge in [-0.25, -0.2) is 9.37 Å². The number of carbonyl (C=O) groups is 1. The Morgan fingerprint density at radius 1 is 1.33 bits per heavy atom. The SMILES string of the molecule is C=C/C=C(\C=C/C)Cc1cnc2n1CCN(C(=O)CNCC1=CC=CC=C(F)C1)C2. The van der Waals surface area contributed by atoms with Crippen LogP contribution in [-0.2, 0) is 24.3 Å². The minimum Gasteiger partial charge on any atom is -0.332 e. The monoisotopic (exact) mass is 408 g/mol. The topological polar surface area (TPSA) is 50.2 Å². The van der Waals surface area contributed by atoms with Gasteiger partial charge in [-0.05, 0) is 24.1 Å². The second-order valence-electron chi connectivity index (χ2n) is 7.39. The summed E-state index contributed by atoms with van der Waals surface area (Å²) in [5.41, 5.74) is 3.24. The van der Waals surface area contributed by atoms with Crippen molar-refractivity contribution in [3.8, 4) is 0 Å². The Morgan fingerprint density at radius 2 is 2.17 bits per heavy atom. The van der Waals surface area contributed by atoms with Crippen molar-refractivity contribution in [2.45, 2.75) is 32.9 Å². The molecule has 1 N–H and O–H groups in total. The third-order valence-corrected chi connectivity index (χ3v) is 5.14. The number of hydrogen-bond donors (Lipinski definition) is 1. The van der Waals surface area contributed by atoms with Crippen LogP contribution in [0.1, 0.15) is 24.9 Å². The fourth-order valence-corrected chi connectivity index (χ4v) is 3.68. The lowest BCUT2D eigenvalue weighted by atomic mass is 10.1. The van der Waals surface area contributed by atoms with E-state index in [1.165, 1.54) is 11.6 Å². The summed E-state index contributed by atoms with van der Waals surface area (Å²) in [6.45, 7) is 8.40. The van der Waals surface area contributed by atoms with Gasteiger partial charge < -0.3 is 14.8 Å². The molecule has 2 heterocycles. The Kier molecular flexibility index (Phi) is 7.74. The van der Waals surface area contributed by atoms with Gasteiger partial charge in [0.15, 0.2) is 0 Å². The van der Waals surface area contributed by atoms with Gasteiger partial charge in [0, 0.05) is 44.4 Å². The van der Waals surface area contributed by atoms with Gasteiger partial charge in [0.05, 0.1) is 13.1 Å². The molecular weight excluding hydrogens is 379 g/mol. The molecule has 0 radical (unpaired) electrons. The van der Waals surface area contributed by atoms with E-state index in [-0.39, 0.29) is 24.7 Å². The van der Waals surface area contributed by atoms with Crippen LogP contribution in [0.5, 0.6) is 0 Å². The van der Waals surface area contributed by atoms with Crippen LogP contribution >= 0.6 is 0 Å². The number of nitrogens with one attached hydrogen (secondary N) is 1. The molecule has 3 rings (SSSR count). The number of rotatable bonds is 8. The first-order chi connectivity index (χ1) is 14.6. The number of amides is 1. The predicted octanol–water partition coefficient (Wildman–Crippen LogP) is 3.79. The average molecular weight is 409 g/mol. The van der Waals surface area contributed by atoms with Crippen LogP contribution in [0.4, 0.5) is 4.39 Å². The molecule has 0 saturated heterocycles. The van der Waals surface area contributed by atoms with Gasteiger partial charge in [-0.2, -0.15) is 0 Å². The van der Waals surface area contributed by atoms with Crippen LogP contribution in [0.25, 0.3) is 0 Å². The molecule has 1 aliphatic carbocycles. The molecule has 0 unspecified atom stereocenters. The molecule has 0 saturated carbocycles. The number of imidazole rings is 1. The maximum atomic E-state index is 13.5. The highest BCUT2D eigenvalue weighted by molar-refractivity contribution is 5.78. The summed E-state index contributed by atoms with van der Waals surface area (Å²) in [5, 5.41) is 3.14. The van der Waals surface area contributed by atoms with E-state index in [2.05, 4.69) is 27.5 Å². The first-order valence-corrected chi connectivity index (χ1v) is 10.3. The van der Waals surface area contributed by atoms with E-state index in [0.717, 1.165) is 30.1 Å². The molecule has 0 bridgehead atoms. The highest BCUT2D eigenvalue weighted by atomic mass is 19.1. The lowest BCUT2D eigenvalue weighted by Crippen LogP contribution is -2.43. The van der Waals surface area contributed by atoms with E-state index in [4.69, 9.17) is 0 Å². The molecule has 6 heteroatoms. The Hall–Kier alpha value is -2.99. The minimum absolute atomic E-state index is 0.0349. The minimum atomic E-state index is -0.165. The van der Waals surface area contributed by atoms with Crippen molar-refractivity contribution in [2.24, 2.45) is 0 Å². The van der Waals surface area contributed by atoms with Crippen molar-refractivity contribution in [2.75, 3.05) is 19.6 Å². The lowest BCUT2D eigenvalue weighted by molar-refractivity contribution is -0.131. The fourth-order valence-electron chi connectivity index (χ4n) is 3.68. The third-order valence-electron chi connectivity index (χ3n) is 5.14. The zero-order valence-corrected chi connectivity index (χ0v) is 17.5. The van der Waals surface area contributed by atoms with Crippen molar-refractivity contribution >= 4 is 5.91 Å². The van der Waals surface area contributed by atoms with Crippen LogP contribution < -0.4 is 5.32 Å². The molecule has 2 aliphatic rings. The number of halogens is 1. The normalized spacial score (nSPS) is 16.9. The maximum Gasteiger partial charge on any atom is 0.237 e. The first-order valence-electron chi connectivity index (χ1n) is 10.3. The van der Waals surface area contributed by atoms with E-state index >= 15 is 0 Å². The highest BCUT2D eigenvalue weighted by Crippen LogP contribution is 2.18. The van der Waals surface area contributed by atoms with Gasteiger partial charge in [0.25, 0.3) is 0 Å². The quantitative estimate of drug-likeness (QED) is 0.666. The van der Waals surface area contributed by atoms with Gasteiger partial charge in [0.2, 0.25) is 5.91 Å². The molecular formula is C24H29FN4O. The Balaban J connectivity index is 1.53. The van der Waals surface area contributed by atoms with Gasteiger partial charge in [0.1, 0.15) is 11.7 Å². The number of nitrogens with zero attached hydrogens (tertiary/aromatic N) is 3. The summed E-state index contributed by atoms with van der Waals surface area (Å²) in [4.78, 5) is 19.0. The Morgan fingerprint density at radius 3 is 2.97 bits per heavy atom. The molecule has 1 amide bonds. The predicted molar refractivity (Wildman–Crippen MR) is 118 cm³/mol. The summed E-state index contributed by atoms with van der Waals surface area (Å²) in [6, 6.07) is 0. The van der Waals surface area contributed by atoms with Crippen LogP contribution in [0, 0.1) is 0 Å². The summed E-state index contributed by atoms with van der Waals surface area (Å²) < 4.78 is 15.7. The molecule has 158 valence electrons. The molecule has 1 aromatic rings. The van der Waals surface area contributed by atoms with Gasteiger partial charge in [-0.1, -0.05) is 49.1 Å². The number of hydrogen-bond acceptors (Lipinski definition) is 3. The van der Waals surface area contributed by atoms with Gasteiger partial charge in [-0.15, -0.1) is 0 Å². The molecule has 30 heavy (non-hydrogen) atoms. The largest absolute Gasteiger partial charge is 0.332 e. The van der Waals surface area contributed by atoms with E-state index in [1.54, 1.807) is 12.2 Å². The summed E-state index contributed by atoms with van der Waals surface area (Å²) in [5.74, 6) is 0.780. The molecule has 0 atom stereocenters. The standard InChI is InChI=1S/C24H29FN4O/c1-3-7-19(8-4-2)14-22-16-27-23-18-28(11-12-29(22)23)24(30)17-26-15-20-9-5-6-10-21(25)13-20/h3-10,16,26H,1,11-15,17-18H2,2H3/b8-4-,19-7+. The zero-order chi connectivity index (χ0) is 21.3. The molecule has 0 spiro atoms. The maximum absolute atomic E-state index is 13.5. The van der Waals surface area contributed by atoms with Crippen LogP contribution in [0.2, 0.25) is 0 Å². The molecule has 1 aromatic heterocycles. The lowest BCUT2D eigenvalue weighted by Gasteiger charge is -2.29. The molecule has 5 nitrogen and oxygen atoms in total. The second kappa shape index (κ2) is 10.7. The fraction of sp³-hybridized carbons (Fsp3) is 0.333. The van der Waals surface area contributed by atoms with Crippen molar-refractivity contribution in [3.63, 3.8) is 0 Å².